The molecule has 1 heterocycles. The molecule has 0 aliphatic carbocycles. The fourth-order valence-corrected chi connectivity index (χ4v) is 1.81. The van der Waals surface area contributed by atoms with E-state index in [-0.39, 0.29) is 24.0 Å². The molecule has 0 amide bonds. The van der Waals surface area contributed by atoms with E-state index in [4.69, 9.17) is 10.5 Å². The summed E-state index contributed by atoms with van der Waals surface area (Å²) in [6.07, 6.45) is 1.88. The number of benzene rings is 1. The zero-order valence-corrected chi connectivity index (χ0v) is 14.4. The van der Waals surface area contributed by atoms with Gasteiger partial charge in [-0.25, -0.2) is 4.99 Å². The molecule has 0 atom stereocenters. The minimum absolute atomic E-state index is 0. The molecule has 21 heavy (non-hydrogen) atoms. The molecule has 6 nitrogen and oxygen atoms in total. The Morgan fingerprint density at radius 2 is 2.14 bits per heavy atom. The fourth-order valence-electron chi connectivity index (χ4n) is 1.81. The number of hydrogen-bond donors (Lipinski definition) is 2. The lowest BCUT2D eigenvalue weighted by atomic mass is 10.2. The maximum Gasteiger partial charge on any atom is 0.193 e. The molecular formula is C14H20IN5O. The Morgan fingerprint density at radius 1 is 1.38 bits per heavy atom. The third-order valence-electron chi connectivity index (χ3n) is 2.76. The molecule has 2 aromatic rings. The van der Waals surface area contributed by atoms with Gasteiger partial charge in [-0.2, -0.15) is 5.10 Å². The molecular weight excluding hydrogens is 381 g/mol. The highest BCUT2D eigenvalue weighted by molar-refractivity contribution is 14.0. The molecule has 1 aromatic heterocycles. The van der Waals surface area contributed by atoms with Gasteiger partial charge in [-0.05, 0) is 12.1 Å². The van der Waals surface area contributed by atoms with Crippen LogP contribution in [-0.2, 0) is 24.9 Å². The van der Waals surface area contributed by atoms with Gasteiger partial charge in [0, 0.05) is 31.6 Å². The van der Waals surface area contributed by atoms with Gasteiger partial charge in [-0.3, -0.25) is 4.68 Å². The van der Waals surface area contributed by atoms with Gasteiger partial charge in [-0.15, -0.1) is 24.0 Å². The van der Waals surface area contributed by atoms with Crippen LogP contribution in [0, 0.1) is 0 Å². The summed E-state index contributed by atoms with van der Waals surface area (Å²) in [7, 11) is 3.53. The number of nitrogens with zero attached hydrogens (tertiary/aromatic N) is 3. The van der Waals surface area contributed by atoms with Crippen LogP contribution in [0.3, 0.4) is 0 Å². The third-order valence-corrected chi connectivity index (χ3v) is 2.76. The molecule has 0 saturated heterocycles. The molecule has 0 aliphatic heterocycles. The first-order valence-corrected chi connectivity index (χ1v) is 6.31. The standard InChI is InChI=1S/C14H19N5O.HI/c1-19-8-7-12(18-19)9-16-14(15)17-13-6-4-3-5-11(13)10-20-2;/h3-8H,9-10H2,1-2H3,(H3,15,16,17);1H. The molecule has 1 aromatic carbocycles. The lowest BCUT2D eigenvalue weighted by molar-refractivity contribution is 0.185. The summed E-state index contributed by atoms with van der Waals surface area (Å²) in [5, 5.41) is 7.33. The van der Waals surface area contributed by atoms with Crippen molar-refractivity contribution in [3.63, 3.8) is 0 Å². The van der Waals surface area contributed by atoms with Gasteiger partial charge < -0.3 is 15.8 Å². The number of methoxy groups -OCH3 is 1. The smallest absolute Gasteiger partial charge is 0.193 e. The highest BCUT2D eigenvalue weighted by Crippen LogP contribution is 2.15. The van der Waals surface area contributed by atoms with E-state index >= 15 is 0 Å². The topological polar surface area (TPSA) is 77.5 Å². The first kappa shape index (κ1) is 17.4. The Balaban J connectivity index is 0.00000220. The lowest BCUT2D eigenvalue weighted by Crippen LogP contribution is -2.23. The predicted molar refractivity (Wildman–Crippen MR) is 94.7 cm³/mol. The van der Waals surface area contributed by atoms with E-state index in [1.165, 1.54) is 0 Å². The summed E-state index contributed by atoms with van der Waals surface area (Å²) in [6, 6.07) is 9.74. The maximum atomic E-state index is 5.89. The summed E-state index contributed by atoms with van der Waals surface area (Å²) in [5.74, 6) is 0.360. The number of ether oxygens (including phenoxy) is 1. The number of aryl methyl sites for hydroxylation is 1. The Hall–Kier alpha value is -1.61. The van der Waals surface area contributed by atoms with Gasteiger partial charge in [0.1, 0.15) is 0 Å². The maximum absolute atomic E-state index is 5.89. The van der Waals surface area contributed by atoms with Crippen LogP contribution in [0.15, 0.2) is 41.5 Å². The van der Waals surface area contributed by atoms with Crippen LogP contribution in [0.25, 0.3) is 0 Å². The van der Waals surface area contributed by atoms with Gasteiger partial charge in [0.2, 0.25) is 0 Å². The van der Waals surface area contributed by atoms with E-state index in [0.717, 1.165) is 16.9 Å². The molecule has 0 unspecified atom stereocenters. The molecule has 7 heteroatoms. The lowest BCUT2D eigenvalue weighted by Gasteiger charge is -2.10. The van der Waals surface area contributed by atoms with E-state index < -0.39 is 0 Å². The van der Waals surface area contributed by atoms with E-state index in [1.54, 1.807) is 11.8 Å². The van der Waals surface area contributed by atoms with E-state index in [0.29, 0.717) is 19.1 Å². The predicted octanol–water partition coefficient (Wildman–Crippen LogP) is 2.11. The van der Waals surface area contributed by atoms with Gasteiger partial charge in [0.25, 0.3) is 0 Å². The quantitative estimate of drug-likeness (QED) is 0.457. The summed E-state index contributed by atoms with van der Waals surface area (Å²) in [6.45, 7) is 0.975. The minimum Gasteiger partial charge on any atom is -0.380 e. The molecule has 0 saturated carbocycles. The molecule has 2 rings (SSSR count). The second-order valence-corrected chi connectivity index (χ2v) is 4.40. The van der Waals surface area contributed by atoms with Gasteiger partial charge >= 0.3 is 0 Å². The van der Waals surface area contributed by atoms with E-state index in [2.05, 4.69) is 15.4 Å². The molecule has 0 fully saturated rings. The molecule has 0 spiro atoms. The first-order valence-electron chi connectivity index (χ1n) is 6.31. The third kappa shape index (κ3) is 5.35. The average Bonchev–Trinajstić information content (AvgIpc) is 2.85. The van der Waals surface area contributed by atoms with Crippen molar-refractivity contribution in [1.29, 1.82) is 0 Å². The number of hydrogen-bond acceptors (Lipinski definition) is 3. The van der Waals surface area contributed by atoms with Crippen molar-refractivity contribution < 1.29 is 4.74 Å². The zero-order chi connectivity index (χ0) is 14.4. The van der Waals surface area contributed by atoms with Gasteiger partial charge in [-0.1, -0.05) is 18.2 Å². The van der Waals surface area contributed by atoms with Crippen molar-refractivity contribution in [3.05, 3.63) is 47.8 Å². The number of anilines is 1. The summed E-state index contributed by atoms with van der Waals surface area (Å²) < 4.78 is 6.89. The summed E-state index contributed by atoms with van der Waals surface area (Å²) >= 11 is 0. The Morgan fingerprint density at radius 3 is 2.81 bits per heavy atom. The molecule has 0 bridgehead atoms. The second-order valence-electron chi connectivity index (χ2n) is 4.40. The number of aromatic nitrogens is 2. The minimum atomic E-state index is 0. The Bertz CT molecular complexity index is 597. The van der Waals surface area contributed by atoms with Crippen molar-refractivity contribution in [2.45, 2.75) is 13.2 Å². The van der Waals surface area contributed by atoms with Gasteiger partial charge in [0.05, 0.1) is 18.8 Å². The monoisotopic (exact) mass is 401 g/mol. The van der Waals surface area contributed by atoms with Crippen molar-refractivity contribution in [1.82, 2.24) is 9.78 Å². The normalized spacial score (nSPS) is 11.0. The van der Waals surface area contributed by atoms with Crippen molar-refractivity contribution >= 4 is 35.6 Å². The summed E-state index contributed by atoms with van der Waals surface area (Å²) in [4.78, 5) is 4.27. The number of rotatable bonds is 5. The number of halogens is 1. The Labute approximate surface area is 141 Å². The number of nitrogens with one attached hydrogen (secondary N) is 1. The molecule has 3 N–H and O–H groups in total. The number of para-hydroxylation sites is 1. The van der Waals surface area contributed by atoms with Crippen LogP contribution >= 0.6 is 24.0 Å². The molecule has 114 valence electrons. The number of aliphatic imine (C=N–C) groups is 1. The highest BCUT2D eigenvalue weighted by Gasteiger charge is 2.02. The highest BCUT2D eigenvalue weighted by atomic mass is 127. The van der Waals surface area contributed by atoms with E-state index in [9.17, 15) is 0 Å². The first-order chi connectivity index (χ1) is 9.69. The van der Waals surface area contributed by atoms with Crippen LogP contribution in [0.5, 0.6) is 0 Å². The molecule has 0 aliphatic rings. The number of guanidine groups is 1. The van der Waals surface area contributed by atoms with Crippen LogP contribution in [0.4, 0.5) is 5.69 Å². The number of nitrogens with two attached hydrogens (primary N) is 1. The van der Waals surface area contributed by atoms with Crippen molar-refractivity contribution in [2.75, 3.05) is 12.4 Å². The zero-order valence-electron chi connectivity index (χ0n) is 12.1. The van der Waals surface area contributed by atoms with E-state index in [1.807, 2.05) is 43.6 Å². The van der Waals surface area contributed by atoms with Gasteiger partial charge in [0.15, 0.2) is 5.96 Å². The Kier molecular flexibility index (Phi) is 7.17. The average molecular weight is 401 g/mol. The fraction of sp³-hybridized carbons (Fsp3) is 0.286. The molecule has 0 radical (unpaired) electrons. The van der Waals surface area contributed by atoms with Crippen LogP contribution in [0.2, 0.25) is 0 Å². The van der Waals surface area contributed by atoms with Crippen molar-refractivity contribution in [3.8, 4) is 0 Å². The van der Waals surface area contributed by atoms with Crippen molar-refractivity contribution in [2.24, 2.45) is 17.8 Å². The van der Waals surface area contributed by atoms with Crippen LogP contribution < -0.4 is 11.1 Å². The van der Waals surface area contributed by atoms with Crippen LogP contribution in [0.1, 0.15) is 11.3 Å². The largest absolute Gasteiger partial charge is 0.380 e. The van der Waals surface area contributed by atoms with Crippen LogP contribution in [-0.4, -0.2) is 22.8 Å². The summed E-state index contributed by atoms with van der Waals surface area (Å²) in [5.41, 5.74) is 8.70. The second kappa shape index (κ2) is 8.63. The SMILES string of the molecule is COCc1ccccc1NC(N)=NCc1ccn(C)n1.I.